The molecule has 0 saturated carbocycles. The van der Waals surface area contributed by atoms with Crippen LogP contribution in [0.3, 0.4) is 0 Å². The normalized spacial score (nSPS) is 17.0. The Hall–Kier alpha value is -1.35. The first-order valence-corrected chi connectivity index (χ1v) is 9.84. The van der Waals surface area contributed by atoms with Crippen LogP contribution in [0.25, 0.3) is 0 Å². The molecule has 1 aromatic carbocycles. The van der Waals surface area contributed by atoms with Gasteiger partial charge in [0, 0.05) is 14.8 Å². The summed E-state index contributed by atoms with van der Waals surface area (Å²) in [5.74, 6) is 0.400. The Labute approximate surface area is 167 Å². The van der Waals surface area contributed by atoms with E-state index in [4.69, 9.17) is 21.7 Å². The molecule has 2 rings (SSSR count). The lowest BCUT2D eigenvalue weighted by Gasteiger charge is -2.31. The second kappa shape index (κ2) is 9.38. The molecule has 7 heteroatoms. The van der Waals surface area contributed by atoms with Crippen molar-refractivity contribution in [1.82, 2.24) is 10.6 Å². The van der Waals surface area contributed by atoms with Gasteiger partial charge in [-0.2, -0.15) is 0 Å². The number of esters is 1. The molecule has 1 heterocycles. The summed E-state index contributed by atoms with van der Waals surface area (Å²) in [4.78, 5) is 12.5. The van der Waals surface area contributed by atoms with Gasteiger partial charge in [0.05, 0.1) is 24.8 Å². The van der Waals surface area contributed by atoms with Gasteiger partial charge in [0.1, 0.15) is 5.75 Å². The number of rotatable bonds is 7. The minimum Gasteiger partial charge on any atom is -0.493 e. The summed E-state index contributed by atoms with van der Waals surface area (Å²) < 4.78 is 12.3. The molecule has 1 aliphatic heterocycles. The van der Waals surface area contributed by atoms with Crippen LogP contribution in [0.5, 0.6) is 5.75 Å². The molecule has 25 heavy (non-hydrogen) atoms. The van der Waals surface area contributed by atoms with Crippen LogP contribution in [0.15, 0.2) is 29.5 Å². The first kappa shape index (κ1) is 20.0. The third-order valence-corrected chi connectivity index (χ3v) is 4.69. The van der Waals surface area contributed by atoms with Crippen molar-refractivity contribution < 1.29 is 14.3 Å². The molecule has 136 valence electrons. The summed E-state index contributed by atoms with van der Waals surface area (Å²) in [6, 6.07) is 5.54. The van der Waals surface area contributed by atoms with E-state index in [1.54, 1.807) is 6.92 Å². The lowest BCUT2D eigenvalue weighted by molar-refractivity contribution is -0.139. The van der Waals surface area contributed by atoms with E-state index in [0.717, 1.165) is 27.7 Å². The largest absolute Gasteiger partial charge is 0.493 e. The number of carbonyl (C=O) groups is 1. The summed E-state index contributed by atoms with van der Waals surface area (Å²) >= 11 is 7.55. The van der Waals surface area contributed by atoms with Crippen LogP contribution in [0.1, 0.15) is 45.2 Å². The van der Waals surface area contributed by atoms with Crippen molar-refractivity contribution in [2.45, 2.75) is 39.7 Å². The fourth-order valence-corrected chi connectivity index (χ4v) is 3.40. The molecule has 0 saturated heterocycles. The van der Waals surface area contributed by atoms with Gasteiger partial charge in [-0.05, 0) is 73.3 Å². The lowest BCUT2D eigenvalue weighted by atomic mass is 9.95. The van der Waals surface area contributed by atoms with Gasteiger partial charge in [-0.1, -0.05) is 13.3 Å². The standard InChI is InChI=1S/C18H23IN2O3S/c1-4-6-9-24-14-8-7-12(19)10-13(14)16-15(17(22)23-5-2)11(3)20-18(25)21-16/h7-8,10,16H,4-6,9H2,1-3H3,(H2,20,21,25)/t16-/m1/s1. The molecule has 0 amide bonds. The Kier molecular flexibility index (Phi) is 7.49. The SMILES string of the molecule is CCCCOc1ccc(I)cc1[C@H]1NC(=S)NC(C)=C1C(=O)OCC. The molecule has 0 bridgehead atoms. The molecule has 1 atom stereocenters. The molecular formula is C18H23IN2O3S. The molecule has 0 spiro atoms. The van der Waals surface area contributed by atoms with Gasteiger partial charge in [-0.3, -0.25) is 0 Å². The maximum atomic E-state index is 12.5. The summed E-state index contributed by atoms with van der Waals surface area (Å²) in [6.45, 7) is 6.70. The first-order valence-electron chi connectivity index (χ1n) is 8.35. The predicted molar refractivity (Wildman–Crippen MR) is 111 cm³/mol. The van der Waals surface area contributed by atoms with E-state index in [2.05, 4.69) is 40.1 Å². The van der Waals surface area contributed by atoms with Crippen molar-refractivity contribution in [2.75, 3.05) is 13.2 Å². The molecule has 2 N–H and O–H groups in total. The minimum absolute atomic E-state index is 0.318. The van der Waals surface area contributed by atoms with Crippen molar-refractivity contribution in [3.63, 3.8) is 0 Å². The van der Waals surface area contributed by atoms with Gasteiger partial charge >= 0.3 is 5.97 Å². The zero-order valence-electron chi connectivity index (χ0n) is 14.6. The molecule has 1 aromatic rings. The van der Waals surface area contributed by atoms with E-state index in [1.165, 1.54) is 0 Å². The van der Waals surface area contributed by atoms with E-state index >= 15 is 0 Å². The predicted octanol–water partition coefficient (Wildman–Crippen LogP) is 3.83. The Morgan fingerprint density at radius 1 is 1.36 bits per heavy atom. The van der Waals surface area contributed by atoms with E-state index in [1.807, 2.05) is 25.1 Å². The molecular weight excluding hydrogens is 451 g/mol. The van der Waals surface area contributed by atoms with Crippen LogP contribution >= 0.6 is 34.8 Å². The molecule has 0 aliphatic carbocycles. The van der Waals surface area contributed by atoms with E-state index < -0.39 is 6.04 Å². The second-order valence-corrected chi connectivity index (χ2v) is 7.33. The fraction of sp³-hybridized carbons (Fsp3) is 0.444. The number of benzene rings is 1. The molecule has 0 radical (unpaired) electrons. The monoisotopic (exact) mass is 474 g/mol. The smallest absolute Gasteiger partial charge is 0.338 e. The molecule has 0 unspecified atom stereocenters. The highest BCUT2D eigenvalue weighted by atomic mass is 127. The maximum Gasteiger partial charge on any atom is 0.338 e. The van der Waals surface area contributed by atoms with Gasteiger partial charge in [0.15, 0.2) is 5.11 Å². The zero-order valence-corrected chi connectivity index (χ0v) is 17.6. The van der Waals surface area contributed by atoms with E-state index in [-0.39, 0.29) is 5.97 Å². The van der Waals surface area contributed by atoms with Gasteiger partial charge in [0.25, 0.3) is 0 Å². The van der Waals surface area contributed by atoms with Crippen molar-refractivity contribution in [1.29, 1.82) is 0 Å². The molecule has 0 fully saturated rings. The number of hydrogen-bond donors (Lipinski definition) is 2. The van der Waals surface area contributed by atoms with Crippen molar-refractivity contribution >= 4 is 45.9 Å². The van der Waals surface area contributed by atoms with Crippen molar-refractivity contribution in [3.8, 4) is 5.75 Å². The minimum atomic E-state index is -0.404. The number of nitrogens with one attached hydrogen (secondary N) is 2. The summed E-state index contributed by atoms with van der Waals surface area (Å²) in [5.41, 5.74) is 2.11. The first-order chi connectivity index (χ1) is 12.0. The number of allylic oxidation sites excluding steroid dienone is 1. The average molecular weight is 474 g/mol. The number of halogens is 1. The maximum absolute atomic E-state index is 12.5. The number of ether oxygens (including phenoxy) is 2. The third-order valence-electron chi connectivity index (χ3n) is 3.80. The van der Waals surface area contributed by atoms with Gasteiger partial charge < -0.3 is 20.1 Å². The molecule has 0 aromatic heterocycles. The zero-order chi connectivity index (χ0) is 18.4. The topological polar surface area (TPSA) is 59.6 Å². The third kappa shape index (κ3) is 5.07. The van der Waals surface area contributed by atoms with Crippen molar-refractivity contribution in [2.24, 2.45) is 0 Å². The molecule has 5 nitrogen and oxygen atoms in total. The van der Waals surface area contributed by atoms with Crippen LogP contribution in [-0.2, 0) is 9.53 Å². The van der Waals surface area contributed by atoms with Crippen LogP contribution in [-0.4, -0.2) is 24.3 Å². The number of hydrogen-bond acceptors (Lipinski definition) is 4. The van der Waals surface area contributed by atoms with E-state index in [9.17, 15) is 4.79 Å². The molecule has 1 aliphatic rings. The highest BCUT2D eigenvalue weighted by molar-refractivity contribution is 14.1. The van der Waals surface area contributed by atoms with Crippen LogP contribution < -0.4 is 15.4 Å². The Morgan fingerprint density at radius 2 is 2.12 bits per heavy atom. The quantitative estimate of drug-likeness (QED) is 0.271. The lowest BCUT2D eigenvalue weighted by Crippen LogP contribution is -2.45. The van der Waals surface area contributed by atoms with E-state index in [0.29, 0.717) is 29.6 Å². The number of thiocarbonyl (C=S) groups is 1. The highest BCUT2D eigenvalue weighted by Crippen LogP contribution is 2.34. The Morgan fingerprint density at radius 3 is 2.80 bits per heavy atom. The highest BCUT2D eigenvalue weighted by Gasteiger charge is 2.32. The van der Waals surface area contributed by atoms with Gasteiger partial charge in [-0.15, -0.1) is 0 Å². The van der Waals surface area contributed by atoms with Crippen LogP contribution in [0.4, 0.5) is 0 Å². The number of carbonyl (C=O) groups excluding carboxylic acids is 1. The van der Waals surface area contributed by atoms with Crippen molar-refractivity contribution in [3.05, 3.63) is 38.6 Å². The Balaban J connectivity index is 2.45. The number of unbranched alkanes of at least 4 members (excludes halogenated alkanes) is 1. The van der Waals surface area contributed by atoms with Crippen LogP contribution in [0, 0.1) is 3.57 Å². The summed E-state index contributed by atoms with van der Waals surface area (Å²) in [7, 11) is 0. The summed E-state index contributed by atoms with van der Waals surface area (Å²) in [6.07, 6.45) is 2.03. The average Bonchev–Trinajstić information content (AvgIpc) is 2.55. The fourth-order valence-electron chi connectivity index (χ4n) is 2.61. The second-order valence-electron chi connectivity index (χ2n) is 5.67. The Bertz CT molecular complexity index is 691. The van der Waals surface area contributed by atoms with Crippen LogP contribution in [0.2, 0.25) is 0 Å². The van der Waals surface area contributed by atoms with Gasteiger partial charge in [0.2, 0.25) is 0 Å². The summed E-state index contributed by atoms with van der Waals surface area (Å²) in [5, 5.41) is 6.68. The van der Waals surface area contributed by atoms with Gasteiger partial charge in [-0.25, -0.2) is 4.79 Å².